The Morgan fingerprint density at radius 2 is 2.00 bits per heavy atom. The minimum atomic E-state index is -0.639. The van der Waals surface area contributed by atoms with Crippen LogP contribution in [0.5, 0.6) is 5.75 Å². The van der Waals surface area contributed by atoms with Crippen molar-refractivity contribution in [2.75, 3.05) is 11.9 Å². The van der Waals surface area contributed by atoms with E-state index < -0.39 is 6.10 Å². The number of aryl methyl sites for hydroxylation is 2. The van der Waals surface area contributed by atoms with Crippen LogP contribution in [0.3, 0.4) is 0 Å². The van der Waals surface area contributed by atoms with Gasteiger partial charge in [-0.05, 0) is 81.2 Å². The van der Waals surface area contributed by atoms with Crippen molar-refractivity contribution in [3.8, 4) is 5.75 Å². The highest BCUT2D eigenvalue weighted by Crippen LogP contribution is 2.40. The summed E-state index contributed by atoms with van der Waals surface area (Å²) in [5.74, 6) is 0.646. The number of rotatable bonds is 7. The van der Waals surface area contributed by atoms with E-state index >= 15 is 0 Å². The fourth-order valence-corrected chi connectivity index (χ4v) is 5.13. The smallest absolute Gasteiger partial charge is 0.341 e. The highest BCUT2D eigenvalue weighted by atomic mass is 32.1. The molecule has 1 aliphatic rings. The number of fused-ring (bicyclic) bond motifs is 1. The highest BCUT2D eigenvalue weighted by molar-refractivity contribution is 7.17. The number of anilines is 1. The van der Waals surface area contributed by atoms with Crippen LogP contribution < -0.4 is 10.1 Å². The zero-order valence-corrected chi connectivity index (χ0v) is 19.3. The Kier molecular flexibility index (Phi) is 7.19. The number of esters is 1. The maximum atomic E-state index is 13.0. The molecule has 1 heterocycles. The fraction of sp³-hybridized carbons (Fsp3) is 0.500. The molecule has 0 spiro atoms. The predicted molar refractivity (Wildman–Crippen MR) is 121 cm³/mol. The molecule has 0 aliphatic heterocycles. The van der Waals surface area contributed by atoms with E-state index in [1.807, 2.05) is 39.0 Å². The van der Waals surface area contributed by atoms with Crippen LogP contribution in [-0.2, 0) is 22.4 Å². The number of amides is 1. The highest BCUT2D eigenvalue weighted by Gasteiger charge is 2.30. The van der Waals surface area contributed by atoms with Crippen LogP contribution in [0, 0.1) is 19.8 Å². The standard InChI is InChI=1S/C24H31NO4S/c1-6-19(29-17-10-9-15(4)16(5)13-17)22(26)25-23-21(24(27)28-7-2)18-11-8-14(3)12-20(18)30-23/h9-10,13-14,19H,6-8,11-12H2,1-5H3,(H,25,26)/t14-,19-/m1/s1. The van der Waals surface area contributed by atoms with Gasteiger partial charge in [-0.3, -0.25) is 4.79 Å². The number of hydrogen-bond donors (Lipinski definition) is 1. The van der Waals surface area contributed by atoms with E-state index in [0.717, 1.165) is 30.4 Å². The maximum absolute atomic E-state index is 13.0. The first-order valence-electron chi connectivity index (χ1n) is 10.7. The van der Waals surface area contributed by atoms with E-state index in [0.29, 0.717) is 35.3 Å². The predicted octanol–water partition coefficient (Wildman–Crippen LogP) is 5.46. The third-order valence-corrected chi connectivity index (χ3v) is 6.82. The third-order valence-electron chi connectivity index (χ3n) is 5.65. The number of hydrogen-bond acceptors (Lipinski definition) is 5. The average molecular weight is 430 g/mol. The van der Waals surface area contributed by atoms with Crippen molar-refractivity contribution < 1.29 is 19.1 Å². The van der Waals surface area contributed by atoms with Crippen molar-refractivity contribution in [1.82, 2.24) is 0 Å². The molecule has 0 unspecified atom stereocenters. The van der Waals surface area contributed by atoms with Gasteiger partial charge in [0.25, 0.3) is 5.91 Å². The van der Waals surface area contributed by atoms with Crippen molar-refractivity contribution in [2.45, 2.75) is 66.4 Å². The lowest BCUT2D eigenvalue weighted by Gasteiger charge is -2.19. The maximum Gasteiger partial charge on any atom is 0.341 e. The van der Waals surface area contributed by atoms with Crippen LogP contribution in [0.1, 0.15) is 65.5 Å². The quantitative estimate of drug-likeness (QED) is 0.594. The lowest BCUT2D eigenvalue weighted by molar-refractivity contribution is -0.122. The monoisotopic (exact) mass is 429 g/mol. The van der Waals surface area contributed by atoms with Crippen molar-refractivity contribution in [3.05, 3.63) is 45.3 Å². The zero-order chi connectivity index (χ0) is 21.8. The largest absolute Gasteiger partial charge is 0.481 e. The summed E-state index contributed by atoms with van der Waals surface area (Å²) in [5.41, 5.74) is 3.86. The molecule has 1 amide bonds. The molecule has 6 heteroatoms. The summed E-state index contributed by atoms with van der Waals surface area (Å²) in [4.78, 5) is 26.9. The number of carbonyl (C=O) groups is 2. The minimum Gasteiger partial charge on any atom is -0.481 e. The van der Waals surface area contributed by atoms with Gasteiger partial charge in [0.2, 0.25) is 0 Å². The van der Waals surface area contributed by atoms with Gasteiger partial charge < -0.3 is 14.8 Å². The molecule has 1 N–H and O–H groups in total. The van der Waals surface area contributed by atoms with Gasteiger partial charge in [-0.15, -0.1) is 11.3 Å². The molecule has 1 aromatic carbocycles. The molecule has 2 atom stereocenters. The second-order valence-corrected chi connectivity index (χ2v) is 9.13. The van der Waals surface area contributed by atoms with Gasteiger partial charge in [-0.2, -0.15) is 0 Å². The summed E-state index contributed by atoms with van der Waals surface area (Å²) in [6.45, 7) is 10.3. The molecular weight excluding hydrogens is 398 g/mol. The molecule has 0 bridgehead atoms. The van der Waals surface area contributed by atoms with Crippen LogP contribution >= 0.6 is 11.3 Å². The van der Waals surface area contributed by atoms with Gasteiger partial charge in [0.15, 0.2) is 6.10 Å². The first-order valence-corrected chi connectivity index (χ1v) is 11.5. The molecule has 30 heavy (non-hydrogen) atoms. The SMILES string of the molecule is CCOC(=O)c1c(NC(=O)[C@@H](CC)Oc2ccc(C)c(C)c2)sc2c1CC[C@@H](C)C2. The summed E-state index contributed by atoms with van der Waals surface area (Å²) in [6.07, 6.45) is 2.69. The van der Waals surface area contributed by atoms with E-state index in [2.05, 4.69) is 12.2 Å². The second-order valence-electron chi connectivity index (χ2n) is 8.03. The lowest BCUT2D eigenvalue weighted by atomic mass is 9.88. The lowest BCUT2D eigenvalue weighted by Crippen LogP contribution is -2.32. The summed E-state index contributed by atoms with van der Waals surface area (Å²) < 4.78 is 11.3. The van der Waals surface area contributed by atoms with E-state index in [1.165, 1.54) is 21.8 Å². The Balaban J connectivity index is 1.83. The van der Waals surface area contributed by atoms with Gasteiger partial charge >= 0.3 is 5.97 Å². The number of nitrogens with one attached hydrogen (secondary N) is 1. The molecule has 3 rings (SSSR count). The van der Waals surface area contributed by atoms with Gasteiger partial charge in [0.05, 0.1) is 12.2 Å². The summed E-state index contributed by atoms with van der Waals surface area (Å²) in [5, 5.41) is 3.56. The summed E-state index contributed by atoms with van der Waals surface area (Å²) in [7, 11) is 0. The van der Waals surface area contributed by atoms with Crippen LogP contribution in [0.2, 0.25) is 0 Å². The molecule has 5 nitrogen and oxygen atoms in total. The van der Waals surface area contributed by atoms with Crippen molar-refractivity contribution in [1.29, 1.82) is 0 Å². The van der Waals surface area contributed by atoms with Gasteiger partial charge in [0, 0.05) is 4.88 Å². The Morgan fingerprint density at radius 1 is 1.23 bits per heavy atom. The molecule has 1 aliphatic carbocycles. The van der Waals surface area contributed by atoms with Crippen LogP contribution in [0.25, 0.3) is 0 Å². The van der Waals surface area contributed by atoms with E-state index in [4.69, 9.17) is 9.47 Å². The first-order chi connectivity index (χ1) is 14.3. The molecule has 0 saturated heterocycles. The normalized spacial score (nSPS) is 16.5. The third kappa shape index (κ3) is 4.86. The van der Waals surface area contributed by atoms with E-state index in [-0.39, 0.29) is 11.9 Å². The molecule has 162 valence electrons. The van der Waals surface area contributed by atoms with Crippen molar-refractivity contribution >= 4 is 28.2 Å². The molecule has 2 aromatic rings. The molecule has 0 radical (unpaired) electrons. The van der Waals surface area contributed by atoms with Gasteiger partial charge in [0.1, 0.15) is 10.8 Å². The summed E-state index contributed by atoms with van der Waals surface area (Å²) in [6, 6.07) is 5.82. The minimum absolute atomic E-state index is 0.243. The number of carbonyl (C=O) groups excluding carboxylic acids is 2. The topological polar surface area (TPSA) is 64.6 Å². The average Bonchev–Trinajstić information content (AvgIpc) is 3.05. The number of thiophene rings is 1. The Hall–Kier alpha value is -2.34. The molecule has 0 saturated carbocycles. The Labute approximate surface area is 182 Å². The first kappa shape index (κ1) is 22.3. The van der Waals surface area contributed by atoms with E-state index in [1.54, 1.807) is 6.92 Å². The van der Waals surface area contributed by atoms with Crippen molar-refractivity contribution in [3.63, 3.8) is 0 Å². The second kappa shape index (κ2) is 9.65. The van der Waals surface area contributed by atoms with Crippen LogP contribution in [0.15, 0.2) is 18.2 Å². The Bertz CT molecular complexity index is 934. The molecular formula is C24H31NO4S. The Morgan fingerprint density at radius 3 is 2.67 bits per heavy atom. The molecule has 0 fully saturated rings. The molecule has 1 aromatic heterocycles. The van der Waals surface area contributed by atoms with Crippen LogP contribution in [-0.4, -0.2) is 24.6 Å². The van der Waals surface area contributed by atoms with Crippen molar-refractivity contribution in [2.24, 2.45) is 5.92 Å². The summed E-state index contributed by atoms with van der Waals surface area (Å²) >= 11 is 1.50. The van der Waals surface area contributed by atoms with E-state index in [9.17, 15) is 9.59 Å². The number of ether oxygens (including phenoxy) is 2. The van der Waals surface area contributed by atoms with Crippen LogP contribution in [0.4, 0.5) is 5.00 Å². The zero-order valence-electron chi connectivity index (χ0n) is 18.5. The number of benzene rings is 1. The van der Waals surface area contributed by atoms with Gasteiger partial charge in [-0.25, -0.2) is 4.79 Å². The fourth-order valence-electron chi connectivity index (χ4n) is 3.72. The van der Waals surface area contributed by atoms with Gasteiger partial charge in [-0.1, -0.05) is 19.9 Å².